The van der Waals surface area contributed by atoms with Crippen molar-refractivity contribution >= 4 is 21.4 Å². The van der Waals surface area contributed by atoms with Gasteiger partial charge in [0.15, 0.2) is 0 Å². The molecule has 0 aromatic heterocycles. The van der Waals surface area contributed by atoms with E-state index < -0.39 is 21.4 Å². The highest BCUT2D eigenvalue weighted by Gasteiger charge is 2.31. The molecule has 0 fully saturated rings. The van der Waals surface area contributed by atoms with E-state index in [4.69, 9.17) is 26.3 Å². The lowest BCUT2D eigenvalue weighted by atomic mass is 10.5. The second-order valence-electron chi connectivity index (χ2n) is 7.23. The van der Waals surface area contributed by atoms with Crippen LogP contribution in [0.25, 0.3) is 0 Å². The van der Waals surface area contributed by atoms with E-state index in [0.29, 0.717) is 0 Å². The average molecular weight is 467 g/mol. The number of hydrogen-bond donors (Lipinski definition) is 0. The van der Waals surface area contributed by atoms with Crippen LogP contribution in [0.15, 0.2) is 0 Å². The summed E-state index contributed by atoms with van der Waals surface area (Å²) in [6, 6.07) is 9.81. The zero-order chi connectivity index (χ0) is 22.9. The van der Waals surface area contributed by atoms with Crippen LogP contribution in [0.5, 0.6) is 0 Å². The van der Waals surface area contributed by atoms with Crippen molar-refractivity contribution in [2.45, 2.75) is 32.1 Å². The fourth-order valence-corrected chi connectivity index (χ4v) is 13.4. The fraction of sp³-hybridized carbons (Fsp3) is 0.737. The van der Waals surface area contributed by atoms with Crippen molar-refractivity contribution in [2.24, 2.45) is 0 Å². The molecule has 0 unspecified atom stereocenters. The van der Waals surface area contributed by atoms with E-state index in [9.17, 15) is 13.7 Å². The first kappa shape index (κ1) is 28.1. The van der Waals surface area contributed by atoms with Crippen molar-refractivity contribution in [3.8, 4) is 30.3 Å². The van der Waals surface area contributed by atoms with Crippen molar-refractivity contribution in [3.63, 3.8) is 0 Å². The molecular formula is C19H28N5O3P3. The smallest absolute Gasteiger partial charge is 0.0902 e. The van der Waals surface area contributed by atoms with Gasteiger partial charge in [0, 0.05) is 87.6 Å². The molecule has 0 aliphatic rings. The zero-order valence-corrected chi connectivity index (χ0v) is 19.9. The topological polar surface area (TPSA) is 170 Å². The molecule has 0 bridgehead atoms. The van der Waals surface area contributed by atoms with Crippen LogP contribution >= 0.6 is 21.4 Å². The maximum atomic E-state index is 13.5. The first-order chi connectivity index (χ1) is 14.2. The summed E-state index contributed by atoms with van der Waals surface area (Å²) in [5.41, 5.74) is 0. The molecule has 0 aromatic carbocycles. The molecule has 0 atom stereocenters. The SMILES string of the molecule is N#CCCP(=O)(CCC#N)CCP(=O)(CCC#N)CCP(=O)(CCC#N)CCC#N. The molecule has 30 heavy (non-hydrogen) atoms. The van der Waals surface area contributed by atoms with Gasteiger partial charge in [-0.1, -0.05) is 0 Å². The Hall–Kier alpha value is -1.86. The number of nitriles is 5. The maximum absolute atomic E-state index is 13.5. The van der Waals surface area contributed by atoms with Crippen LogP contribution < -0.4 is 0 Å². The summed E-state index contributed by atoms with van der Waals surface area (Å²) >= 11 is 0. The molecule has 0 saturated carbocycles. The van der Waals surface area contributed by atoms with E-state index in [2.05, 4.69) is 0 Å². The van der Waals surface area contributed by atoms with Crippen LogP contribution in [0, 0.1) is 56.7 Å². The first-order valence-corrected chi connectivity index (χ1v) is 16.6. The van der Waals surface area contributed by atoms with Gasteiger partial charge >= 0.3 is 0 Å². The van der Waals surface area contributed by atoms with Gasteiger partial charge in [-0.3, -0.25) is 0 Å². The minimum atomic E-state index is -2.96. The van der Waals surface area contributed by atoms with Gasteiger partial charge < -0.3 is 13.7 Å². The maximum Gasteiger partial charge on any atom is 0.0902 e. The third-order valence-corrected chi connectivity index (χ3v) is 15.0. The lowest BCUT2D eigenvalue weighted by Gasteiger charge is -2.24. The molecular weight excluding hydrogens is 439 g/mol. The van der Waals surface area contributed by atoms with E-state index in [-0.39, 0.29) is 87.6 Å². The van der Waals surface area contributed by atoms with Crippen LogP contribution in [-0.2, 0) is 13.7 Å². The highest BCUT2D eigenvalue weighted by atomic mass is 31.2. The van der Waals surface area contributed by atoms with Crippen molar-refractivity contribution in [3.05, 3.63) is 0 Å². The van der Waals surface area contributed by atoms with Gasteiger partial charge in [0.25, 0.3) is 0 Å². The molecule has 8 nitrogen and oxygen atoms in total. The van der Waals surface area contributed by atoms with Crippen molar-refractivity contribution in [2.75, 3.05) is 55.5 Å². The molecule has 0 heterocycles. The molecule has 0 aliphatic carbocycles. The Kier molecular flexibility index (Phi) is 14.1. The Balaban J connectivity index is 5.37. The van der Waals surface area contributed by atoms with Crippen molar-refractivity contribution in [1.29, 1.82) is 26.3 Å². The van der Waals surface area contributed by atoms with E-state index in [0.717, 1.165) is 0 Å². The third kappa shape index (κ3) is 12.0. The molecule has 0 spiro atoms. The van der Waals surface area contributed by atoms with Gasteiger partial charge in [-0.15, -0.1) is 0 Å². The minimum Gasteiger partial charge on any atom is -0.323 e. The quantitative estimate of drug-likeness (QED) is 0.295. The van der Waals surface area contributed by atoms with Gasteiger partial charge in [0.05, 0.1) is 51.8 Å². The summed E-state index contributed by atoms with van der Waals surface area (Å²) in [5.74, 6) is 0. The summed E-state index contributed by atoms with van der Waals surface area (Å²) in [5, 5.41) is 44.2. The lowest BCUT2D eigenvalue weighted by Crippen LogP contribution is -2.12. The highest BCUT2D eigenvalue weighted by molar-refractivity contribution is 7.69. The summed E-state index contributed by atoms with van der Waals surface area (Å²) in [7, 11) is -8.63. The summed E-state index contributed by atoms with van der Waals surface area (Å²) < 4.78 is 39.7. The normalized spacial score (nSPS) is 11.4. The molecule has 0 radical (unpaired) electrons. The van der Waals surface area contributed by atoms with Gasteiger partial charge in [-0.05, 0) is 0 Å². The van der Waals surface area contributed by atoms with Gasteiger partial charge in [0.2, 0.25) is 0 Å². The fourth-order valence-electron chi connectivity index (χ4n) is 3.00. The molecule has 0 saturated heterocycles. The van der Waals surface area contributed by atoms with Crippen molar-refractivity contribution in [1.82, 2.24) is 0 Å². The zero-order valence-electron chi connectivity index (χ0n) is 17.2. The predicted octanol–water partition coefficient (Wildman–Crippen LogP) is 4.64. The third-order valence-electron chi connectivity index (χ3n) is 4.99. The van der Waals surface area contributed by atoms with Crippen LogP contribution in [0.1, 0.15) is 32.1 Å². The number of rotatable bonds is 16. The molecule has 0 aromatic rings. The Morgan fingerprint density at radius 2 is 0.533 bits per heavy atom. The van der Waals surface area contributed by atoms with Gasteiger partial charge in [-0.25, -0.2) is 0 Å². The largest absolute Gasteiger partial charge is 0.323 e. The van der Waals surface area contributed by atoms with Gasteiger partial charge in [0.1, 0.15) is 0 Å². The molecule has 0 aliphatic heterocycles. The first-order valence-electron chi connectivity index (χ1n) is 9.78. The van der Waals surface area contributed by atoms with Crippen LogP contribution in [0.3, 0.4) is 0 Å². The summed E-state index contributed by atoms with van der Waals surface area (Å²) in [6.45, 7) is 0. The predicted molar refractivity (Wildman–Crippen MR) is 118 cm³/mol. The number of nitrogens with zero attached hydrogens (tertiary/aromatic N) is 5. The van der Waals surface area contributed by atoms with Gasteiger partial charge in [-0.2, -0.15) is 26.3 Å². The Morgan fingerprint density at radius 3 is 0.700 bits per heavy atom. The Bertz CT molecular complexity index is 793. The Labute approximate surface area is 179 Å². The van der Waals surface area contributed by atoms with Crippen LogP contribution in [0.4, 0.5) is 0 Å². The lowest BCUT2D eigenvalue weighted by molar-refractivity contribution is 0.566. The second-order valence-corrected chi connectivity index (χ2v) is 17.6. The van der Waals surface area contributed by atoms with E-state index in [1.165, 1.54) is 0 Å². The van der Waals surface area contributed by atoms with Crippen LogP contribution in [0.2, 0.25) is 0 Å². The summed E-state index contributed by atoms with van der Waals surface area (Å²) in [6.07, 6.45) is 1.82. The molecule has 11 heteroatoms. The molecule has 0 rings (SSSR count). The molecule has 0 N–H and O–H groups in total. The number of hydrogen-bond acceptors (Lipinski definition) is 8. The second kappa shape index (κ2) is 15.0. The minimum absolute atomic E-state index is 0.0681. The average Bonchev–Trinajstić information content (AvgIpc) is 2.75. The van der Waals surface area contributed by atoms with E-state index in [1.54, 1.807) is 0 Å². The Morgan fingerprint density at radius 1 is 0.367 bits per heavy atom. The van der Waals surface area contributed by atoms with Crippen LogP contribution in [-0.4, -0.2) is 55.5 Å². The van der Waals surface area contributed by atoms with Crippen molar-refractivity contribution < 1.29 is 13.7 Å². The monoisotopic (exact) mass is 467 g/mol. The van der Waals surface area contributed by atoms with E-state index >= 15 is 0 Å². The molecule has 0 amide bonds. The van der Waals surface area contributed by atoms with E-state index in [1.807, 2.05) is 30.3 Å². The summed E-state index contributed by atoms with van der Waals surface area (Å²) in [4.78, 5) is 0. The molecule has 162 valence electrons. The highest BCUT2D eigenvalue weighted by Crippen LogP contribution is 2.57. The standard InChI is InChI=1S/C19H28N5O3P3/c20-6-1-11-28(25,12-2-7-21)16-18-30(27,15-5-10-24)19-17-29(26,13-3-8-22)14-4-9-23/h1-5,11-19H2.